The average molecular weight is 276 g/mol. The second-order valence-electron chi connectivity index (χ2n) is 4.83. The van der Waals surface area contributed by atoms with Gasteiger partial charge in [0, 0.05) is 37.1 Å². The molecule has 7 heteroatoms. The molecule has 0 aliphatic carbocycles. The number of nitrogens with one attached hydrogen (secondary N) is 1. The molecule has 0 radical (unpaired) electrons. The normalized spacial score (nSPS) is 15.4. The lowest BCUT2D eigenvalue weighted by Gasteiger charge is -2.39. The highest BCUT2D eigenvalue weighted by molar-refractivity contribution is 7.09. The summed E-state index contributed by atoms with van der Waals surface area (Å²) in [6.07, 6.45) is 0. The van der Waals surface area contributed by atoms with Crippen LogP contribution in [0.25, 0.3) is 0 Å². The van der Waals surface area contributed by atoms with Crippen LogP contribution in [-0.2, 0) is 0 Å². The van der Waals surface area contributed by atoms with E-state index in [1.165, 1.54) is 11.5 Å². The maximum absolute atomic E-state index is 4.29. The second-order valence-corrected chi connectivity index (χ2v) is 5.58. The highest BCUT2D eigenvalue weighted by Gasteiger charge is 2.27. The number of nitrogens with zero attached hydrogens (tertiary/aromatic N) is 5. The molecule has 1 aliphatic heterocycles. The van der Waals surface area contributed by atoms with E-state index < -0.39 is 0 Å². The van der Waals surface area contributed by atoms with Gasteiger partial charge in [0.2, 0.25) is 5.13 Å². The van der Waals surface area contributed by atoms with Gasteiger partial charge < -0.3 is 10.2 Å². The quantitative estimate of drug-likeness (QED) is 0.912. The van der Waals surface area contributed by atoms with Crippen molar-refractivity contribution < 1.29 is 0 Å². The van der Waals surface area contributed by atoms with Crippen LogP contribution in [0.4, 0.5) is 10.9 Å². The molecule has 1 saturated heterocycles. The molecule has 100 valence electrons. The van der Waals surface area contributed by atoms with Crippen LogP contribution in [-0.4, -0.2) is 39.2 Å². The Balaban J connectivity index is 1.46. The molecule has 2 aromatic rings. The first-order chi connectivity index (χ1) is 9.20. The van der Waals surface area contributed by atoms with Gasteiger partial charge in [0.05, 0.1) is 5.69 Å². The molecule has 0 atom stereocenters. The Bertz CT molecular complexity index is 546. The molecule has 2 aromatic heterocycles. The Hall–Kier alpha value is -1.76. The molecule has 1 fully saturated rings. The summed E-state index contributed by atoms with van der Waals surface area (Å²) < 4.78 is 4.15. The van der Waals surface area contributed by atoms with E-state index in [1.54, 1.807) is 0 Å². The average Bonchev–Trinajstić information content (AvgIpc) is 2.75. The number of hydrogen-bond donors (Lipinski definition) is 1. The van der Waals surface area contributed by atoms with E-state index in [9.17, 15) is 0 Å². The topological polar surface area (TPSA) is 66.8 Å². The Labute approximate surface area is 116 Å². The minimum atomic E-state index is 0.632. The number of anilines is 2. The summed E-state index contributed by atoms with van der Waals surface area (Å²) in [6.45, 7) is 6.82. The third-order valence-electron chi connectivity index (χ3n) is 3.13. The standard InChI is InChI=1S/C12H16N6S/c1-8-3-4-11(16-15-8)18-6-10(7-18)5-13-12-14-9(2)17-19-12/h3-4,10H,5-7H2,1-2H3,(H,13,14,17). The maximum Gasteiger partial charge on any atom is 0.202 e. The van der Waals surface area contributed by atoms with Crippen molar-refractivity contribution in [2.45, 2.75) is 13.8 Å². The number of aromatic nitrogens is 4. The molecular weight excluding hydrogens is 260 g/mol. The highest BCUT2D eigenvalue weighted by Crippen LogP contribution is 2.22. The van der Waals surface area contributed by atoms with Crippen molar-refractivity contribution in [1.29, 1.82) is 0 Å². The van der Waals surface area contributed by atoms with Crippen LogP contribution >= 0.6 is 11.5 Å². The van der Waals surface area contributed by atoms with E-state index in [1.807, 2.05) is 26.0 Å². The van der Waals surface area contributed by atoms with Crippen molar-refractivity contribution >= 4 is 22.5 Å². The van der Waals surface area contributed by atoms with E-state index in [0.29, 0.717) is 5.92 Å². The van der Waals surface area contributed by atoms with Crippen LogP contribution in [0.3, 0.4) is 0 Å². The minimum absolute atomic E-state index is 0.632. The zero-order chi connectivity index (χ0) is 13.2. The Morgan fingerprint density at radius 3 is 2.79 bits per heavy atom. The fraction of sp³-hybridized carbons (Fsp3) is 0.500. The molecule has 6 nitrogen and oxygen atoms in total. The predicted molar refractivity (Wildman–Crippen MR) is 75.6 cm³/mol. The van der Waals surface area contributed by atoms with Crippen molar-refractivity contribution in [2.75, 3.05) is 29.9 Å². The molecule has 3 rings (SSSR count). The van der Waals surface area contributed by atoms with Crippen molar-refractivity contribution in [1.82, 2.24) is 19.6 Å². The molecule has 0 unspecified atom stereocenters. The lowest BCUT2D eigenvalue weighted by atomic mass is 10.0. The molecule has 1 N–H and O–H groups in total. The summed E-state index contributed by atoms with van der Waals surface area (Å²) in [5.74, 6) is 2.43. The van der Waals surface area contributed by atoms with Gasteiger partial charge in [0.15, 0.2) is 5.82 Å². The van der Waals surface area contributed by atoms with Crippen LogP contribution in [0.1, 0.15) is 11.5 Å². The molecule has 0 saturated carbocycles. The van der Waals surface area contributed by atoms with Gasteiger partial charge in [-0.3, -0.25) is 0 Å². The van der Waals surface area contributed by atoms with Crippen LogP contribution in [0.2, 0.25) is 0 Å². The molecule has 19 heavy (non-hydrogen) atoms. The van der Waals surface area contributed by atoms with Gasteiger partial charge in [-0.2, -0.15) is 9.47 Å². The SMILES string of the molecule is Cc1ccc(N2CC(CNc3nc(C)ns3)C2)nn1. The lowest BCUT2D eigenvalue weighted by molar-refractivity contribution is 0.425. The highest BCUT2D eigenvalue weighted by atomic mass is 32.1. The lowest BCUT2D eigenvalue weighted by Crippen LogP contribution is -2.50. The molecule has 3 heterocycles. The second kappa shape index (κ2) is 5.08. The van der Waals surface area contributed by atoms with Gasteiger partial charge in [-0.25, -0.2) is 4.98 Å². The van der Waals surface area contributed by atoms with E-state index in [0.717, 1.165) is 42.1 Å². The van der Waals surface area contributed by atoms with Gasteiger partial charge in [-0.1, -0.05) is 0 Å². The number of hydrogen-bond acceptors (Lipinski definition) is 7. The first kappa shape index (κ1) is 12.3. The van der Waals surface area contributed by atoms with Crippen LogP contribution in [0.15, 0.2) is 12.1 Å². The van der Waals surface area contributed by atoms with Crippen LogP contribution in [0.5, 0.6) is 0 Å². The minimum Gasteiger partial charge on any atom is -0.360 e. The molecule has 0 aromatic carbocycles. The van der Waals surface area contributed by atoms with Gasteiger partial charge in [0.25, 0.3) is 0 Å². The summed E-state index contributed by atoms with van der Waals surface area (Å²) in [5, 5.41) is 12.5. The summed E-state index contributed by atoms with van der Waals surface area (Å²) in [7, 11) is 0. The van der Waals surface area contributed by atoms with Gasteiger partial charge in [0.1, 0.15) is 5.82 Å². The van der Waals surface area contributed by atoms with E-state index >= 15 is 0 Å². The van der Waals surface area contributed by atoms with Crippen LogP contribution in [0, 0.1) is 19.8 Å². The number of aryl methyl sites for hydroxylation is 2. The van der Waals surface area contributed by atoms with Crippen LogP contribution < -0.4 is 10.2 Å². The summed E-state index contributed by atoms with van der Waals surface area (Å²) in [6, 6.07) is 4.03. The predicted octanol–water partition coefficient (Wildman–Crippen LogP) is 1.49. The zero-order valence-electron chi connectivity index (χ0n) is 11.0. The molecule has 0 amide bonds. The smallest absolute Gasteiger partial charge is 0.202 e. The fourth-order valence-electron chi connectivity index (χ4n) is 2.05. The van der Waals surface area contributed by atoms with E-state index in [-0.39, 0.29) is 0 Å². The monoisotopic (exact) mass is 276 g/mol. The molecule has 1 aliphatic rings. The molecule has 0 bridgehead atoms. The van der Waals surface area contributed by atoms with Crippen molar-refractivity contribution in [3.8, 4) is 0 Å². The Kier molecular flexibility index (Phi) is 3.29. The summed E-state index contributed by atoms with van der Waals surface area (Å²) in [4.78, 5) is 6.53. The number of rotatable bonds is 4. The van der Waals surface area contributed by atoms with Gasteiger partial charge in [-0.15, -0.1) is 5.10 Å². The van der Waals surface area contributed by atoms with E-state index in [2.05, 4.69) is 29.8 Å². The maximum atomic E-state index is 4.29. The Morgan fingerprint density at radius 1 is 1.32 bits per heavy atom. The Morgan fingerprint density at radius 2 is 2.16 bits per heavy atom. The van der Waals surface area contributed by atoms with Gasteiger partial charge >= 0.3 is 0 Å². The van der Waals surface area contributed by atoms with Crippen molar-refractivity contribution in [3.63, 3.8) is 0 Å². The zero-order valence-corrected chi connectivity index (χ0v) is 11.8. The molecular formula is C12H16N6S. The first-order valence-electron chi connectivity index (χ1n) is 6.30. The van der Waals surface area contributed by atoms with Crippen molar-refractivity contribution in [2.24, 2.45) is 5.92 Å². The molecule has 0 spiro atoms. The van der Waals surface area contributed by atoms with Crippen molar-refractivity contribution in [3.05, 3.63) is 23.7 Å². The summed E-state index contributed by atoms with van der Waals surface area (Å²) >= 11 is 1.42. The third kappa shape index (κ3) is 2.81. The van der Waals surface area contributed by atoms with Gasteiger partial charge in [-0.05, 0) is 26.0 Å². The third-order valence-corrected chi connectivity index (χ3v) is 3.90. The fourth-order valence-corrected chi connectivity index (χ4v) is 2.63. The largest absolute Gasteiger partial charge is 0.360 e. The summed E-state index contributed by atoms with van der Waals surface area (Å²) in [5.41, 5.74) is 0.953. The van der Waals surface area contributed by atoms with E-state index in [4.69, 9.17) is 0 Å². The first-order valence-corrected chi connectivity index (χ1v) is 7.07.